The Morgan fingerprint density at radius 1 is 1.03 bits per heavy atom. The van der Waals surface area contributed by atoms with Crippen molar-refractivity contribution < 1.29 is 18.0 Å². The maximum atomic E-state index is 12.7. The number of fused-ring (bicyclic) bond motifs is 4. The van der Waals surface area contributed by atoms with E-state index in [0.717, 1.165) is 17.7 Å². The Morgan fingerprint density at radius 3 is 2.52 bits per heavy atom. The van der Waals surface area contributed by atoms with Crippen molar-refractivity contribution in [3.8, 4) is 0 Å². The second-order valence-corrected chi connectivity index (χ2v) is 8.02. The van der Waals surface area contributed by atoms with Gasteiger partial charge in [0.15, 0.2) is 0 Å². The summed E-state index contributed by atoms with van der Waals surface area (Å²) >= 11 is 0. The van der Waals surface area contributed by atoms with Gasteiger partial charge in [-0.15, -0.1) is 0 Å². The number of alkyl halides is 3. The van der Waals surface area contributed by atoms with E-state index in [1.54, 1.807) is 17.0 Å². The van der Waals surface area contributed by atoms with E-state index < -0.39 is 24.9 Å². The summed E-state index contributed by atoms with van der Waals surface area (Å²) in [5.74, 6) is -0.442. The van der Waals surface area contributed by atoms with Crippen molar-refractivity contribution in [2.24, 2.45) is 5.92 Å². The number of pyridine rings is 1. The average Bonchev–Trinajstić information content (AvgIpc) is 2.69. The van der Waals surface area contributed by atoms with E-state index in [-0.39, 0.29) is 23.4 Å². The molecular formula is C22H23F3N2O2. The molecule has 1 amide bonds. The number of carbonyl (C=O) groups excluding carboxylic acids is 1. The lowest BCUT2D eigenvalue weighted by Gasteiger charge is -2.47. The standard InChI is InChI=1S/C22H23F3N2O2/c23-22(24,25)10-9-20(28)26-13-16-12-17(14-26)19(11-15-5-2-1-3-6-15)27-18(16)7-4-8-21(27)29/h1-8,16-17,19H,9-14H2/t16-,17+,19+/m1/s1. The van der Waals surface area contributed by atoms with Crippen LogP contribution in [0.4, 0.5) is 13.2 Å². The van der Waals surface area contributed by atoms with Crippen LogP contribution in [0.5, 0.6) is 0 Å². The summed E-state index contributed by atoms with van der Waals surface area (Å²) < 4.78 is 39.5. The highest BCUT2D eigenvalue weighted by Crippen LogP contribution is 2.42. The molecule has 0 unspecified atom stereocenters. The number of carbonyl (C=O) groups is 1. The van der Waals surface area contributed by atoms with Crippen molar-refractivity contribution in [1.82, 2.24) is 9.47 Å². The van der Waals surface area contributed by atoms with Gasteiger partial charge in [-0.3, -0.25) is 9.59 Å². The van der Waals surface area contributed by atoms with Gasteiger partial charge < -0.3 is 9.47 Å². The number of rotatable bonds is 4. The Hall–Kier alpha value is -2.57. The van der Waals surface area contributed by atoms with Crippen LogP contribution in [0.25, 0.3) is 0 Å². The van der Waals surface area contributed by atoms with E-state index in [9.17, 15) is 22.8 Å². The van der Waals surface area contributed by atoms with Crippen molar-refractivity contribution >= 4 is 5.91 Å². The Bertz CT molecular complexity index is 939. The van der Waals surface area contributed by atoms with Crippen LogP contribution in [-0.4, -0.2) is 34.6 Å². The number of halogens is 3. The highest BCUT2D eigenvalue weighted by Gasteiger charge is 2.42. The largest absolute Gasteiger partial charge is 0.389 e. The van der Waals surface area contributed by atoms with Crippen LogP contribution in [0.15, 0.2) is 53.3 Å². The first-order valence-electron chi connectivity index (χ1n) is 9.92. The van der Waals surface area contributed by atoms with Crippen molar-refractivity contribution in [2.45, 2.75) is 43.8 Å². The molecule has 29 heavy (non-hydrogen) atoms. The van der Waals surface area contributed by atoms with Gasteiger partial charge in [0.1, 0.15) is 0 Å². The Labute approximate surface area is 167 Å². The van der Waals surface area contributed by atoms with Crippen molar-refractivity contribution in [3.05, 3.63) is 70.1 Å². The zero-order chi connectivity index (χ0) is 20.6. The van der Waals surface area contributed by atoms with Gasteiger partial charge in [-0.05, 0) is 30.4 Å². The van der Waals surface area contributed by atoms with Crippen LogP contribution >= 0.6 is 0 Å². The van der Waals surface area contributed by atoms with Crippen LogP contribution in [0, 0.1) is 5.92 Å². The summed E-state index contributed by atoms with van der Waals surface area (Å²) in [5, 5.41) is 0. The number of piperidine rings is 1. The van der Waals surface area contributed by atoms with Crippen molar-refractivity contribution in [1.29, 1.82) is 0 Å². The molecule has 0 radical (unpaired) electrons. The second-order valence-electron chi connectivity index (χ2n) is 8.02. The smallest absolute Gasteiger partial charge is 0.342 e. The first kappa shape index (κ1) is 19.7. The van der Waals surface area contributed by atoms with Gasteiger partial charge in [-0.1, -0.05) is 36.4 Å². The summed E-state index contributed by atoms with van der Waals surface area (Å²) in [4.78, 5) is 26.7. The SMILES string of the molecule is O=C(CCC(F)(F)F)N1C[C@H]2C[C@@H](C1)[C@H](Cc1ccccc1)n1c2cccc1=O. The summed E-state index contributed by atoms with van der Waals surface area (Å²) in [6.07, 6.45) is -4.46. The molecule has 2 aromatic rings. The lowest BCUT2D eigenvalue weighted by Crippen LogP contribution is -2.51. The molecule has 1 aromatic carbocycles. The van der Waals surface area contributed by atoms with Crippen LogP contribution < -0.4 is 5.56 Å². The summed E-state index contributed by atoms with van der Waals surface area (Å²) in [5.41, 5.74) is 1.91. The second kappa shape index (κ2) is 7.69. The molecule has 0 N–H and O–H groups in total. The number of likely N-dealkylation sites (tertiary alicyclic amines) is 1. The molecule has 3 atom stereocenters. The molecule has 1 fully saturated rings. The van der Waals surface area contributed by atoms with Gasteiger partial charge in [0.25, 0.3) is 5.56 Å². The highest BCUT2D eigenvalue weighted by atomic mass is 19.4. The summed E-state index contributed by atoms with van der Waals surface area (Å²) in [6.45, 7) is 0.764. The van der Waals surface area contributed by atoms with Gasteiger partial charge >= 0.3 is 6.18 Å². The fourth-order valence-electron chi connectivity index (χ4n) is 4.77. The van der Waals surface area contributed by atoms with E-state index in [1.807, 2.05) is 41.0 Å². The Morgan fingerprint density at radius 2 is 1.79 bits per heavy atom. The molecule has 1 aromatic heterocycles. The van der Waals surface area contributed by atoms with Gasteiger partial charge in [0.05, 0.1) is 6.42 Å². The van der Waals surface area contributed by atoms with E-state index in [0.29, 0.717) is 19.5 Å². The topological polar surface area (TPSA) is 42.3 Å². The molecule has 2 bridgehead atoms. The van der Waals surface area contributed by atoms with E-state index >= 15 is 0 Å². The van der Waals surface area contributed by atoms with Crippen LogP contribution in [0.1, 0.15) is 42.5 Å². The predicted octanol–water partition coefficient (Wildman–Crippen LogP) is 3.92. The molecule has 2 aliphatic heterocycles. The quantitative estimate of drug-likeness (QED) is 0.775. The third-order valence-electron chi connectivity index (χ3n) is 6.06. The maximum Gasteiger partial charge on any atom is 0.389 e. The van der Waals surface area contributed by atoms with Crippen LogP contribution in [-0.2, 0) is 11.2 Å². The van der Waals surface area contributed by atoms with Gasteiger partial charge in [0, 0.05) is 43.2 Å². The zero-order valence-electron chi connectivity index (χ0n) is 15.9. The number of aromatic nitrogens is 1. The van der Waals surface area contributed by atoms with Gasteiger partial charge in [-0.25, -0.2) is 0 Å². The normalized spacial score (nSPS) is 23.6. The molecule has 0 aliphatic carbocycles. The fraction of sp³-hybridized carbons (Fsp3) is 0.455. The lowest BCUT2D eigenvalue weighted by molar-refractivity contribution is -0.150. The molecule has 2 aliphatic rings. The van der Waals surface area contributed by atoms with Crippen molar-refractivity contribution in [3.63, 3.8) is 0 Å². The fourth-order valence-corrected chi connectivity index (χ4v) is 4.77. The first-order valence-corrected chi connectivity index (χ1v) is 9.92. The maximum absolute atomic E-state index is 12.7. The average molecular weight is 404 g/mol. The van der Waals surface area contributed by atoms with Crippen molar-refractivity contribution in [2.75, 3.05) is 13.1 Å². The number of hydrogen-bond donors (Lipinski definition) is 0. The van der Waals surface area contributed by atoms with Gasteiger partial charge in [0.2, 0.25) is 5.91 Å². The number of benzene rings is 1. The number of hydrogen-bond acceptors (Lipinski definition) is 2. The van der Waals surface area contributed by atoms with E-state index in [2.05, 4.69) is 0 Å². The Balaban J connectivity index is 1.62. The monoisotopic (exact) mass is 404 g/mol. The van der Waals surface area contributed by atoms with E-state index in [4.69, 9.17) is 0 Å². The number of nitrogens with zero attached hydrogens (tertiary/aromatic N) is 2. The molecular weight excluding hydrogens is 381 g/mol. The zero-order valence-corrected chi connectivity index (χ0v) is 15.9. The number of amides is 1. The van der Waals surface area contributed by atoms with Crippen LogP contribution in [0.3, 0.4) is 0 Å². The third kappa shape index (κ3) is 4.23. The predicted molar refractivity (Wildman–Crippen MR) is 103 cm³/mol. The molecule has 0 spiro atoms. The molecule has 0 saturated carbocycles. The molecule has 4 nitrogen and oxygen atoms in total. The molecule has 7 heteroatoms. The summed E-state index contributed by atoms with van der Waals surface area (Å²) in [7, 11) is 0. The minimum Gasteiger partial charge on any atom is -0.342 e. The van der Waals surface area contributed by atoms with Gasteiger partial charge in [-0.2, -0.15) is 13.2 Å². The minimum atomic E-state index is -4.34. The highest BCUT2D eigenvalue weighted by molar-refractivity contribution is 5.76. The third-order valence-corrected chi connectivity index (χ3v) is 6.06. The van der Waals surface area contributed by atoms with Crippen LogP contribution in [0.2, 0.25) is 0 Å². The molecule has 4 rings (SSSR count). The molecule has 3 heterocycles. The van der Waals surface area contributed by atoms with E-state index in [1.165, 1.54) is 0 Å². The summed E-state index contributed by atoms with van der Waals surface area (Å²) in [6, 6.07) is 14.9. The lowest BCUT2D eigenvalue weighted by atomic mass is 9.76. The first-order chi connectivity index (χ1) is 13.8. The Kier molecular flexibility index (Phi) is 5.23. The molecule has 1 saturated heterocycles. The molecule has 154 valence electrons. The minimum absolute atomic E-state index is 0.0236.